The number of nitrogens with zero attached hydrogens (tertiary/aromatic N) is 4. The summed E-state index contributed by atoms with van der Waals surface area (Å²) >= 11 is 0. The van der Waals surface area contributed by atoms with Crippen molar-refractivity contribution in [3.8, 4) is 0 Å². The molecular formula is C18H28N4O4. The summed E-state index contributed by atoms with van der Waals surface area (Å²) in [6.45, 7) is 4.16. The van der Waals surface area contributed by atoms with Gasteiger partial charge in [0.05, 0.1) is 17.6 Å². The molecule has 0 bridgehead atoms. The fraction of sp³-hybridized carbons (Fsp3) is 0.722. The van der Waals surface area contributed by atoms with Gasteiger partial charge in [-0.3, -0.25) is 4.79 Å². The quantitative estimate of drug-likeness (QED) is 0.706. The van der Waals surface area contributed by atoms with Crippen LogP contribution < -0.4 is 9.80 Å². The van der Waals surface area contributed by atoms with Gasteiger partial charge in [0.25, 0.3) is 0 Å². The van der Waals surface area contributed by atoms with Gasteiger partial charge in [0.2, 0.25) is 5.95 Å². The highest BCUT2D eigenvalue weighted by molar-refractivity contribution is 5.76. The van der Waals surface area contributed by atoms with E-state index in [4.69, 9.17) is 0 Å². The molecule has 2 atom stereocenters. The first-order chi connectivity index (χ1) is 12.5. The summed E-state index contributed by atoms with van der Waals surface area (Å²) in [7, 11) is 0. The lowest BCUT2D eigenvalue weighted by atomic mass is 9.73. The Morgan fingerprint density at radius 2 is 2.00 bits per heavy atom. The van der Waals surface area contributed by atoms with Crippen LogP contribution in [0.15, 0.2) is 12.3 Å². The Bertz CT molecular complexity index is 635. The lowest BCUT2D eigenvalue weighted by Gasteiger charge is -2.42. The third-order valence-corrected chi connectivity index (χ3v) is 5.68. The van der Waals surface area contributed by atoms with Gasteiger partial charge >= 0.3 is 5.97 Å². The standard InChI is InChI=1S/C18H28N4O4/c1-2-6-18(16(25)26)7-11-22(12-14(18)24)17-19-8-3-15(20-17)21-9-4-13(23)5-10-21/h3,8,13-14,23-24H,2,4-7,9-12H2,1H3,(H,25,26)/t14-,18-/m0/s1. The fourth-order valence-corrected chi connectivity index (χ4v) is 4.01. The summed E-state index contributed by atoms with van der Waals surface area (Å²) in [6, 6.07) is 1.85. The normalized spacial score (nSPS) is 27.6. The van der Waals surface area contributed by atoms with Crippen LogP contribution in [-0.4, -0.2) is 69.6 Å². The average molecular weight is 364 g/mol. The van der Waals surface area contributed by atoms with Crippen LogP contribution in [0.2, 0.25) is 0 Å². The number of aliphatic hydroxyl groups excluding tert-OH is 2. The van der Waals surface area contributed by atoms with Crippen molar-refractivity contribution in [1.29, 1.82) is 0 Å². The van der Waals surface area contributed by atoms with Crippen LogP contribution >= 0.6 is 0 Å². The molecule has 8 heteroatoms. The van der Waals surface area contributed by atoms with Gasteiger partial charge in [0.15, 0.2) is 0 Å². The predicted octanol–water partition coefficient (Wildman–Crippen LogP) is 0.880. The molecule has 3 rings (SSSR count). The minimum Gasteiger partial charge on any atom is -0.481 e. The van der Waals surface area contributed by atoms with E-state index in [9.17, 15) is 20.1 Å². The highest BCUT2D eigenvalue weighted by atomic mass is 16.4. The number of hydrogen-bond donors (Lipinski definition) is 3. The van der Waals surface area contributed by atoms with Crippen molar-refractivity contribution < 1.29 is 20.1 Å². The second-order valence-corrected chi connectivity index (χ2v) is 7.36. The zero-order valence-electron chi connectivity index (χ0n) is 15.2. The number of rotatable bonds is 5. The van der Waals surface area contributed by atoms with E-state index >= 15 is 0 Å². The number of carboxylic acid groups (broad SMARTS) is 1. The van der Waals surface area contributed by atoms with Crippen LogP contribution in [0, 0.1) is 5.41 Å². The number of hydrogen-bond acceptors (Lipinski definition) is 7. The van der Waals surface area contributed by atoms with Crippen molar-refractivity contribution in [1.82, 2.24) is 9.97 Å². The average Bonchev–Trinajstić information content (AvgIpc) is 2.64. The largest absolute Gasteiger partial charge is 0.481 e. The number of aliphatic hydroxyl groups is 2. The first-order valence-electron chi connectivity index (χ1n) is 9.38. The van der Waals surface area contributed by atoms with E-state index in [1.54, 1.807) is 6.20 Å². The van der Waals surface area contributed by atoms with Crippen molar-refractivity contribution in [2.75, 3.05) is 36.0 Å². The van der Waals surface area contributed by atoms with Crippen LogP contribution in [-0.2, 0) is 4.79 Å². The molecule has 1 aromatic heterocycles. The van der Waals surface area contributed by atoms with Gasteiger partial charge < -0.3 is 25.1 Å². The third-order valence-electron chi connectivity index (χ3n) is 5.68. The van der Waals surface area contributed by atoms with Gasteiger partial charge in [-0.25, -0.2) is 4.98 Å². The molecule has 8 nitrogen and oxygen atoms in total. The van der Waals surface area contributed by atoms with Gasteiger partial charge in [0, 0.05) is 32.4 Å². The number of aliphatic carboxylic acids is 1. The Labute approximate surface area is 153 Å². The molecule has 1 aromatic rings. The van der Waals surface area contributed by atoms with Crippen LogP contribution in [0.5, 0.6) is 0 Å². The lowest BCUT2D eigenvalue weighted by molar-refractivity contribution is -0.159. The molecule has 0 radical (unpaired) electrons. The summed E-state index contributed by atoms with van der Waals surface area (Å²) < 4.78 is 0. The van der Waals surface area contributed by atoms with E-state index in [0.29, 0.717) is 25.3 Å². The monoisotopic (exact) mass is 364 g/mol. The molecule has 2 aliphatic rings. The van der Waals surface area contributed by atoms with Gasteiger partial charge in [0.1, 0.15) is 5.82 Å². The zero-order chi connectivity index (χ0) is 18.7. The molecule has 2 aliphatic heterocycles. The summed E-state index contributed by atoms with van der Waals surface area (Å²) in [4.78, 5) is 24.7. The van der Waals surface area contributed by atoms with Crippen molar-refractivity contribution >= 4 is 17.7 Å². The maximum atomic E-state index is 11.8. The van der Waals surface area contributed by atoms with Crippen molar-refractivity contribution in [3.63, 3.8) is 0 Å². The number of aromatic nitrogens is 2. The van der Waals surface area contributed by atoms with E-state index in [-0.39, 0.29) is 12.6 Å². The molecule has 144 valence electrons. The minimum atomic E-state index is -1.08. The molecule has 2 saturated heterocycles. The molecule has 26 heavy (non-hydrogen) atoms. The van der Waals surface area contributed by atoms with E-state index < -0.39 is 17.5 Å². The first-order valence-corrected chi connectivity index (χ1v) is 9.38. The molecule has 2 fully saturated rings. The number of piperidine rings is 2. The van der Waals surface area contributed by atoms with Crippen molar-refractivity contribution in [2.45, 2.75) is 51.2 Å². The summed E-state index contributed by atoms with van der Waals surface area (Å²) in [5, 5.41) is 29.9. The van der Waals surface area contributed by atoms with Crippen LogP contribution in [0.1, 0.15) is 39.0 Å². The highest BCUT2D eigenvalue weighted by Gasteiger charge is 2.48. The number of carbonyl (C=O) groups is 1. The van der Waals surface area contributed by atoms with Gasteiger partial charge in [-0.15, -0.1) is 0 Å². The summed E-state index contributed by atoms with van der Waals surface area (Å²) in [6.07, 6.45) is 3.50. The van der Waals surface area contributed by atoms with E-state index in [0.717, 1.165) is 38.2 Å². The van der Waals surface area contributed by atoms with Crippen molar-refractivity contribution in [2.24, 2.45) is 5.41 Å². The number of β-amino-alcohol motifs (C(OH)–C–C–N with tert-alkyl or cyclic N) is 1. The van der Waals surface area contributed by atoms with Crippen LogP contribution in [0.4, 0.5) is 11.8 Å². The lowest BCUT2D eigenvalue weighted by Crippen LogP contribution is -2.55. The second kappa shape index (κ2) is 7.75. The Hall–Kier alpha value is -1.93. The van der Waals surface area contributed by atoms with Crippen LogP contribution in [0.3, 0.4) is 0 Å². The molecule has 0 amide bonds. The van der Waals surface area contributed by atoms with Gasteiger partial charge in [-0.1, -0.05) is 13.3 Å². The fourth-order valence-electron chi connectivity index (χ4n) is 4.01. The third kappa shape index (κ3) is 3.61. The molecule has 0 saturated carbocycles. The molecule has 0 unspecified atom stereocenters. The number of anilines is 2. The van der Waals surface area contributed by atoms with E-state index in [2.05, 4.69) is 14.9 Å². The predicted molar refractivity (Wildman–Crippen MR) is 97.3 cm³/mol. The SMILES string of the molecule is CCC[C@]1(C(=O)O)CCN(c2nccc(N3CCC(O)CC3)n2)C[C@@H]1O. The van der Waals surface area contributed by atoms with E-state index in [1.165, 1.54) is 0 Å². The van der Waals surface area contributed by atoms with Gasteiger partial charge in [-0.2, -0.15) is 4.98 Å². The Morgan fingerprint density at radius 1 is 1.27 bits per heavy atom. The topological polar surface area (TPSA) is 110 Å². The Kier molecular flexibility index (Phi) is 5.62. The maximum Gasteiger partial charge on any atom is 0.312 e. The summed E-state index contributed by atoms with van der Waals surface area (Å²) in [5.74, 6) is 0.399. The first kappa shape index (κ1) is 18.8. The molecule has 3 N–H and O–H groups in total. The minimum absolute atomic E-state index is 0.217. The second-order valence-electron chi connectivity index (χ2n) is 7.36. The highest BCUT2D eigenvalue weighted by Crippen LogP contribution is 2.37. The smallest absolute Gasteiger partial charge is 0.312 e. The van der Waals surface area contributed by atoms with Gasteiger partial charge in [-0.05, 0) is 31.7 Å². The molecule has 0 spiro atoms. The Morgan fingerprint density at radius 3 is 2.62 bits per heavy atom. The molecular weight excluding hydrogens is 336 g/mol. The molecule has 0 aliphatic carbocycles. The number of carboxylic acids is 1. The Balaban J connectivity index is 1.73. The van der Waals surface area contributed by atoms with Crippen molar-refractivity contribution in [3.05, 3.63) is 12.3 Å². The van der Waals surface area contributed by atoms with E-state index in [1.807, 2.05) is 17.9 Å². The molecule has 0 aromatic carbocycles. The van der Waals surface area contributed by atoms with Crippen LogP contribution in [0.25, 0.3) is 0 Å². The maximum absolute atomic E-state index is 11.8. The zero-order valence-corrected chi connectivity index (χ0v) is 15.2. The summed E-state index contributed by atoms with van der Waals surface area (Å²) in [5.41, 5.74) is -1.08. The molecule has 3 heterocycles.